The summed E-state index contributed by atoms with van der Waals surface area (Å²) in [5.74, 6) is 0.795. The van der Waals surface area contributed by atoms with Gasteiger partial charge in [-0.25, -0.2) is 9.78 Å². The Hall–Kier alpha value is -2.34. The first-order valence-corrected chi connectivity index (χ1v) is 7.92. The van der Waals surface area contributed by atoms with Crippen LogP contribution in [-0.2, 0) is 11.8 Å². The minimum Gasteiger partial charge on any atom is -0.376 e. The molecule has 23 heavy (non-hydrogen) atoms. The molecule has 0 bridgehead atoms. The van der Waals surface area contributed by atoms with Gasteiger partial charge in [0.05, 0.1) is 6.10 Å². The molecule has 0 spiro atoms. The highest BCUT2D eigenvalue weighted by Gasteiger charge is 2.21. The van der Waals surface area contributed by atoms with Gasteiger partial charge in [0.2, 0.25) is 0 Å². The summed E-state index contributed by atoms with van der Waals surface area (Å²) in [5, 5.41) is 5.91. The normalized spacial score (nSPS) is 18.6. The van der Waals surface area contributed by atoms with Crippen molar-refractivity contribution in [1.29, 1.82) is 0 Å². The van der Waals surface area contributed by atoms with Crippen LogP contribution in [0.25, 0.3) is 0 Å². The number of nitrogens with one attached hydrogen (secondary N) is 2. The second-order valence-corrected chi connectivity index (χ2v) is 5.73. The fourth-order valence-corrected chi connectivity index (χ4v) is 2.79. The van der Waals surface area contributed by atoms with Crippen LogP contribution in [0.3, 0.4) is 0 Å². The summed E-state index contributed by atoms with van der Waals surface area (Å²) in [6.07, 6.45) is 5.80. The van der Waals surface area contributed by atoms with E-state index >= 15 is 0 Å². The molecule has 2 N–H and O–H groups in total. The molecule has 2 heterocycles. The highest BCUT2D eigenvalue weighted by molar-refractivity contribution is 5.74. The molecule has 1 saturated heterocycles. The second kappa shape index (κ2) is 7.28. The quantitative estimate of drug-likeness (QED) is 0.887. The van der Waals surface area contributed by atoms with E-state index < -0.39 is 0 Å². The number of urea groups is 1. The summed E-state index contributed by atoms with van der Waals surface area (Å²) in [6, 6.07) is 9.34. The van der Waals surface area contributed by atoms with Crippen LogP contribution >= 0.6 is 0 Å². The summed E-state index contributed by atoms with van der Waals surface area (Å²) in [5.41, 5.74) is 0.995. The number of carbonyl (C=O) groups excluding carboxylic acids is 1. The third-order valence-electron chi connectivity index (χ3n) is 4.04. The van der Waals surface area contributed by atoms with Crippen LogP contribution in [-0.4, -0.2) is 34.8 Å². The van der Waals surface area contributed by atoms with Crippen LogP contribution in [0.15, 0.2) is 42.7 Å². The van der Waals surface area contributed by atoms with E-state index in [4.69, 9.17) is 4.74 Å². The molecule has 1 aromatic carbocycles. The zero-order chi connectivity index (χ0) is 16.1. The molecule has 6 heteroatoms. The van der Waals surface area contributed by atoms with Gasteiger partial charge in [-0.1, -0.05) is 30.3 Å². The number of benzene rings is 1. The van der Waals surface area contributed by atoms with Gasteiger partial charge in [-0.3, -0.25) is 0 Å². The van der Waals surface area contributed by atoms with Gasteiger partial charge in [-0.15, -0.1) is 0 Å². The van der Waals surface area contributed by atoms with Gasteiger partial charge in [0.25, 0.3) is 0 Å². The monoisotopic (exact) mass is 314 g/mol. The van der Waals surface area contributed by atoms with Crippen LogP contribution in [0, 0.1) is 0 Å². The molecule has 2 amide bonds. The van der Waals surface area contributed by atoms with E-state index in [9.17, 15) is 4.79 Å². The predicted octanol–water partition coefficient (Wildman–Crippen LogP) is 1.99. The molecular weight excluding hydrogens is 292 g/mol. The molecule has 1 aromatic heterocycles. The molecule has 2 atom stereocenters. The number of amides is 2. The molecule has 2 aromatic rings. The molecule has 0 aliphatic carbocycles. The lowest BCUT2D eigenvalue weighted by Gasteiger charge is -2.20. The molecule has 1 aliphatic heterocycles. The number of hydrogen-bond donors (Lipinski definition) is 2. The zero-order valence-electron chi connectivity index (χ0n) is 13.2. The van der Waals surface area contributed by atoms with Gasteiger partial charge < -0.3 is 19.9 Å². The fraction of sp³-hybridized carbons (Fsp3) is 0.412. The second-order valence-electron chi connectivity index (χ2n) is 5.73. The maximum absolute atomic E-state index is 12.3. The molecule has 0 radical (unpaired) electrons. The van der Waals surface area contributed by atoms with Crippen molar-refractivity contribution in [3.8, 4) is 0 Å². The van der Waals surface area contributed by atoms with E-state index in [1.54, 1.807) is 6.20 Å². The lowest BCUT2D eigenvalue weighted by atomic mass is 10.1. The molecule has 0 unspecified atom stereocenters. The number of nitrogens with zero attached hydrogens (tertiary/aromatic N) is 2. The highest BCUT2D eigenvalue weighted by atomic mass is 16.5. The zero-order valence-corrected chi connectivity index (χ0v) is 13.2. The lowest BCUT2D eigenvalue weighted by Crippen LogP contribution is -2.42. The van der Waals surface area contributed by atoms with Crippen LogP contribution in [0.2, 0.25) is 0 Å². The summed E-state index contributed by atoms with van der Waals surface area (Å²) >= 11 is 0. The van der Waals surface area contributed by atoms with Gasteiger partial charge >= 0.3 is 6.03 Å². The molecule has 1 aliphatic rings. The van der Waals surface area contributed by atoms with Crippen LogP contribution in [0.1, 0.15) is 30.3 Å². The Labute approximate surface area is 135 Å². The predicted molar refractivity (Wildman–Crippen MR) is 87.0 cm³/mol. The van der Waals surface area contributed by atoms with Crippen molar-refractivity contribution in [2.45, 2.75) is 25.0 Å². The maximum Gasteiger partial charge on any atom is 0.315 e. The van der Waals surface area contributed by atoms with Gasteiger partial charge in [0.1, 0.15) is 11.9 Å². The Kier molecular flexibility index (Phi) is 4.92. The summed E-state index contributed by atoms with van der Waals surface area (Å²) < 4.78 is 7.44. The Bertz CT molecular complexity index is 635. The average Bonchev–Trinajstić information content (AvgIpc) is 3.23. The topological polar surface area (TPSA) is 68.2 Å². The van der Waals surface area contributed by atoms with Gasteiger partial charge in [0, 0.05) is 32.6 Å². The molecule has 1 fully saturated rings. The van der Waals surface area contributed by atoms with Crippen LogP contribution in [0.5, 0.6) is 0 Å². The number of rotatable bonds is 5. The third-order valence-corrected chi connectivity index (χ3v) is 4.04. The third kappa shape index (κ3) is 3.90. The number of imidazole rings is 1. The standard InChI is InChI=1S/C17H22N4O2/c1-21-10-9-18-16(21)15(13-6-3-2-4-7-13)20-17(22)19-12-14-8-5-11-23-14/h2-4,6-7,9-10,14-15H,5,8,11-12H2,1H3,(H2,19,20,22)/t14-,15-/m1/s1. The van der Waals surface area contributed by atoms with Crippen molar-refractivity contribution in [2.24, 2.45) is 7.05 Å². The maximum atomic E-state index is 12.3. The lowest BCUT2D eigenvalue weighted by molar-refractivity contribution is 0.111. The van der Waals surface area contributed by atoms with Crippen molar-refractivity contribution >= 4 is 6.03 Å². The number of hydrogen-bond acceptors (Lipinski definition) is 3. The Balaban J connectivity index is 1.68. The van der Waals surface area contributed by atoms with E-state index in [-0.39, 0.29) is 18.2 Å². The Morgan fingerprint density at radius 1 is 1.43 bits per heavy atom. The SMILES string of the molecule is Cn1ccnc1[C@H](NC(=O)NC[C@H]1CCCO1)c1ccccc1. The molecule has 3 rings (SSSR count). The average molecular weight is 314 g/mol. The van der Waals surface area contributed by atoms with Crippen molar-refractivity contribution < 1.29 is 9.53 Å². The molecule has 6 nitrogen and oxygen atoms in total. The minimum atomic E-state index is -0.291. The number of aromatic nitrogens is 2. The van der Waals surface area contributed by atoms with E-state index in [1.807, 2.05) is 48.1 Å². The van der Waals surface area contributed by atoms with E-state index in [2.05, 4.69) is 15.6 Å². The van der Waals surface area contributed by atoms with E-state index in [1.165, 1.54) is 0 Å². The molecule has 0 saturated carbocycles. The smallest absolute Gasteiger partial charge is 0.315 e. The van der Waals surface area contributed by atoms with E-state index in [0.717, 1.165) is 30.8 Å². The Morgan fingerprint density at radius 3 is 2.91 bits per heavy atom. The largest absolute Gasteiger partial charge is 0.376 e. The van der Waals surface area contributed by atoms with Crippen molar-refractivity contribution in [3.05, 3.63) is 54.1 Å². The van der Waals surface area contributed by atoms with Gasteiger partial charge in [0.15, 0.2) is 0 Å². The number of ether oxygens (including phenoxy) is 1. The van der Waals surface area contributed by atoms with Crippen LogP contribution < -0.4 is 10.6 Å². The first kappa shape index (κ1) is 15.6. The molecular formula is C17H22N4O2. The van der Waals surface area contributed by atoms with Gasteiger partial charge in [-0.05, 0) is 18.4 Å². The summed E-state index contributed by atoms with van der Waals surface area (Å²) in [4.78, 5) is 16.7. The van der Waals surface area contributed by atoms with Crippen molar-refractivity contribution in [3.63, 3.8) is 0 Å². The first-order valence-electron chi connectivity index (χ1n) is 7.92. The summed E-state index contributed by atoms with van der Waals surface area (Å²) in [7, 11) is 1.92. The minimum absolute atomic E-state index is 0.129. The number of carbonyl (C=O) groups is 1. The first-order chi connectivity index (χ1) is 11.2. The van der Waals surface area contributed by atoms with Crippen molar-refractivity contribution in [2.75, 3.05) is 13.2 Å². The highest BCUT2D eigenvalue weighted by Crippen LogP contribution is 2.20. The fourth-order valence-electron chi connectivity index (χ4n) is 2.79. The van der Waals surface area contributed by atoms with Crippen molar-refractivity contribution in [1.82, 2.24) is 20.2 Å². The summed E-state index contributed by atoms with van der Waals surface area (Å²) in [6.45, 7) is 1.32. The van der Waals surface area contributed by atoms with Crippen LogP contribution in [0.4, 0.5) is 4.79 Å². The Morgan fingerprint density at radius 2 is 2.26 bits per heavy atom. The van der Waals surface area contributed by atoms with E-state index in [0.29, 0.717) is 6.54 Å². The van der Waals surface area contributed by atoms with Gasteiger partial charge in [-0.2, -0.15) is 0 Å². The molecule has 122 valence electrons. The number of aryl methyl sites for hydroxylation is 1.